The van der Waals surface area contributed by atoms with Gasteiger partial charge < -0.3 is 20.2 Å². The molecule has 1 atom stereocenters. The van der Waals surface area contributed by atoms with Crippen molar-refractivity contribution in [1.29, 1.82) is 0 Å². The molecule has 0 radical (unpaired) electrons. The van der Waals surface area contributed by atoms with Crippen LogP contribution in [-0.2, 0) is 17.6 Å². The highest BCUT2D eigenvalue weighted by Crippen LogP contribution is 2.46. The van der Waals surface area contributed by atoms with E-state index in [1.165, 1.54) is 4.88 Å². The van der Waals surface area contributed by atoms with Gasteiger partial charge in [-0.25, -0.2) is 0 Å². The minimum absolute atomic E-state index is 0.0242. The number of carbonyl (C=O) groups is 1. The smallest absolute Gasteiger partial charge is 0.271 e. The Morgan fingerprint density at radius 2 is 2.06 bits per heavy atom. The van der Waals surface area contributed by atoms with Crippen LogP contribution >= 0.6 is 11.3 Å². The van der Waals surface area contributed by atoms with Crippen LogP contribution in [0.25, 0.3) is 0 Å². The predicted octanol–water partition coefficient (Wildman–Crippen LogP) is 5.18. The summed E-state index contributed by atoms with van der Waals surface area (Å²) in [6, 6.07) is 8.22. The van der Waals surface area contributed by atoms with Gasteiger partial charge in [-0.3, -0.25) is 4.79 Å². The number of aromatic hydroxyl groups is 1. The van der Waals surface area contributed by atoms with Gasteiger partial charge in [0, 0.05) is 28.8 Å². The van der Waals surface area contributed by atoms with Crippen molar-refractivity contribution in [2.45, 2.75) is 65.6 Å². The highest BCUT2D eigenvalue weighted by molar-refractivity contribution is 7.10. The first kappa shape index (κ1) is 21.8. The van der Waals surface area contributed by atoms with Crippen LogP contribution in [0.1, 0.15) is 63.2 Å². The van der Waals surface area contributed by atoms with E-state index in [9.17, 15) is 9.90 Å². The van der Waals surface area contributed by atoms with E-state index in [-0.39, 0.29) is 17.6 Å². The maximum Gasteiger partial charge on any atom is 0.271 e. The maximum absolute atomic E-state index is 13.5. The number of allylic oxidation sites excluding steroid dienone is 1. The lowest BCUT2D eigenvalue weighted by atomic mass is 9.93. The number of likely N-dealkylation sites (N-methyl/N-ethyl adjacent to an activating group) is 1. The third-order valence-corrected chi connectivity index (χ3v) is 7.18. The molecule has 3 heterocycles. The van der Waals surface area contributed by atoms with Gasteiger partial charge in [0.15, 0.2) is 0 Å². The number of phenols is 1. The van der Waals surface area contributed by atoms with Gasteiger partial charge in [-0.2, -0.15) is 0 Å². The lowest BCUT2D eigenvalue weighted by molar-refractivity contribution is -0.130. The second kappa shape index (κ2) is 7.90. The summed E-state index contributed by atoms with van der Waals surface area (Å²) in [5.74, 6) is 0.851. The summed E-state index contributed by atoms with van der Waals surface area (Å²) < 4.78 is 0. The maximum atomic E-state index is 13.5. The van der Waals surface area contributed by atoms with E-state index in [1.54, 1.807) is 11.3 Å². The van der Waals surface area contributed by atoms with E-state index in [2.05, 4.69) is 62.3 Å². The largest absolute Gasteiger partial charge is 0.508 e. The van der Waals surface area contributed by atoms with Gasteiger partial charge in [-0.05, 0) is 80.7 Å². The average Bonchev–Trinajstić information content (AvgIpc) is 3.34. The van der Waals surface area contributed by atoms with Crippen molar-refractivity contribution in [2.24, 2.45) is 5.92 Å². The number of fused-ring (bicyclic) bond motifs is 3. The fraction of sp³-hybridized carbons (Fsp3) is 0.480. The fourth-order valence-corrected chi connectivity index (χ4v) is 5.10. The molecule has 6 heteroatoms. The highest BCUT2D eigenvalue weighted by atomic mass is 32.1. The topological polar surface area (TPSA) is 55.8 Å². The third kappa shape index (κ3) is 3.93. The molecular formula is C25H33N3O2S. The van der Waals surface area contributed by atoms with Crippen LogP contribution in [-0.4, -0.2) is 28.5 Å². The highest BCUT2D eigenvalue weighted by Gasteiger charge is 2.41. The van der Waals surface area contributed by atoms with E-state index in [0.717, 1.165) is 41.8 Å². The van der Waals surface area contributed by atoms with Crippen LogP contribution in [0.4, 0.5) is 5.69 Å². The number of amides is 1. The van der Waals surface area contributed by atoms with Crippen LogP contribution in [0.15, 0.2) is 41.0 Å². The summed E-state index contributed by atoms with van der Waals surface area (Å²) in [5, 5.41) is 16.2. The van der Waals surface area contributed by atoms with Gasteiger partial charge in [-0.1, -0.05) is 19.9 Å². The predicted molar refractivity (Wildman–Crippen MR) is 127 cm³/mol. The van der Waals surface area contributed by atoms with Gasteiger partial charge in [0.1, 0.15) is 17.6 Å². The molecule has 0 fully saturated rings. The normalized spacial score (nSPS) is 18.2. The number of nitrogens with one attached hydrogen (secondary N) is 1. The number of thiophene rings is 1. The first-order valence-corrected chi connectivity index (χ1v) is 11.9. The molecule has 0 saturated carbocycles. The molecule has 5 nitrogen and oxygen atoms in total. The number of phenolic OH excluding ortho intramolecular Hbond substituents is 1. The monoisotopic (exact) mass is 439 g/mol. The molecule has 166 valence electrons. The molecule has 2 aliphatic heterocycles. The molecule has 1 amide bonds. The van der Waals surface area contributed by atoms with Crippen LogP contribution in [0.3, 0.4) is 0 Å². The lowest BCUT2D eigenvalue weighted by Gasteiger charge is -2.34. The molecule has 31 heavy (non-hydrogen) atoms. The Balaban J connectivity index is 1.83. The Morgan fingerprint density at radius 3 is 2.68 bits per heavy atom. The lowest BCUT2D eigenvalue weighted by Crippen LogP contribution is -2.45. The van der Waals surface area contributed by atoms with Crippen molar-refractivity contribution in [3.05, 3.63) is 57.0 Å². The van der Waals surface area contributed by atoms with Crippen LogP contribution < -0.4 is 10.2 Å². The quantitative estimate of drug-likeness (QED) is 0.690. The standard InChI is InChI=1S/C25H33N3O2S/c1-15(2)12-17-13-19-16(14-20(17)29)9-10-18-22(24(30)27(6)25(3,4)5)26-23(28(18)19)21-8-7-11-31-21/h7-8,11,13-15,23,26,29H,9-10,12H2,1-6H3. The molecule has 2 aromatic rings. The second-order valence-electron chi connectivity index (χ2n) is 10.00. The van der Waals surface area contributed by atoms with E-state index < -0.39 is 0 Å². The second-order valence-corrected chi connectivity index (χ2v) is 11.0. The zero-order valence-corrected chi connectivity index (χ0v) is 20.1. The molecule has 2 N–H and O–H groups in total. The van der Waals surface area contributed by atoms with Crippen molar-refractivity contribution in [1.82, 2.24) is 10.2 Å². The number of nitrogens with zero attached hydrogens (tertiary/aromatic N) is 2. The number of hydrogen-bond acceptors (Lipinski definition) is 5. The zero-order chi connectivity index (χ0) is 22.5. The number of benzene rings is 1. The first-order chi connectivity index (χ1) is 14.6. The van der Waals surface area contributed by atoms with Gasteiger partial charge in [-0.15, -0.1) is 11.3 Å². The number of anilines is 1. The van der Waals surface area contributed by atoms with Crippen LogP contribution in [0.2, 0.25) is 0 Å². The summed E-state index contributed by atoms with van der Waals surface area (Å²) in [7, 11) is 1.87. The number of hydrogen-bond donors (Lipinski definition) is 2. The van der Waals surface area contributed by atoms with E-state index >= 15 is 0 Å². The molecule has 0 bridgehead atoms. The van der Waals surface area contributed by atoms with Crippen molar-refractivity contribution in [3.63, 3.8) is 0 Å². The molecule has 1 unspecified atom stereocenters. The first-order valence-electron chi connectivity index (χ1n) is 11.0. The Hall–Kier alpha value is -2.47. The van der Waals surface area contributed by atoms with Gasteiger partial charge in [0.2, 0.25) is 0 Å². The van der Waals surface area contributed by atoms with Crippen molar-refractivity contribution in [3.8, 4) is 5.75 Å². The third-order valence-electron chi connectivity index (χ3n) is 6.25. The van der Waals surface area contributed by atoms with Crippen molar-refractivity contribution >= 4 is 22.9 Å². The van der Waals surface area contributed by atoms with E-state index in [4.69, 9.17) is 0 Å². The minimum atomic E-state index is -0.263. The molecule has 0 spiro atoms. The van der Waals surface area contributed by atoms with E-state index in [0.29, 0.717) is 17.4 Å². The molecular weight excluding hydrogens is 406 g/mol. The van der Waals surface area contributed by atoms with Crippen LogP contribution in [0, 0.1) is 5.92 Å². The van der Waals surface area contributed by atoms with Crippen molar-refractivity contribution in [2.75, 3.05) is 11.9 Å². The summed E-state index contributed by atoms with van der Waals surface area (Å²) in [6.07, 6.45) is 2.29. The Morgan fingerprint density at radius 1 is 1.32 bits per heavy atom. The minimum Gasteiger partial charge on any atom is -0.508 e. The Bertz CT molecular complexity index is 1020. The molecule has 0 saturated heterocycles. The summed E-state index contributed by atoms with van der Waals surface area (Å²) >= 11 is 1.69. The van der Waals surface area contributed by atoms with Gasteiger partial charge in [0.05, 0.1) is 0 Å². The zero-order valence-electron chi connectivity index (χ0n) is 19.3. The van der Waals surface area contributed by atoms with Gasteiger partial charge >= 0.3 is 0 Å². The fourth-order valence-electron chi connectivity index (χ4n) is 4.34. The molecule has 1 aromatic carbocycles. The number of rotatable bonds is 4. The summed E-state index contributed by atoms with van der Waals surface area (Å²) in [6.45, 7) is 10.5. The van der Waals surface area contributed by atoms with Crippen molar-refractivity contribution < 1.29 is 9.90 Å². The molecule has 4 rings (SSSR count). The van der Waals surface area contributed by atoms with Crippen LogP contribution in [0.5, 0.6) is 5.75 Å². The molecule has 0 aliphatic carbocycles. The number of aryl methyl sites for hydroxylation is 1. The molecule has 1 aromatic heterocycles. The Kier molecular flexibility index (Phi) is 5.54. The summed E-state index contributed by atoms with van der Waals surface area (Å²) in [5.41, 5.74) is 4.68. The van der Waals surface area contributed by atoms with E-state index in [1.807, 2.05) is 24.1 Å². The number of carbonyl (C=O) groups excluding carboxylic acids is 1. The van der Waals surface area contributed by atoms with Gasteiger partial charge in [0.25, 0.3) is 5.91 Å². The summed E-state index contributed by atoms with van der Waals surface area (Å²) in [4.78, 5) is 18.8. The SMILES string of the molecule is CC(C)Cc1cc2c(cc1O)CCC1=C(C(=O)N(C)C(C)(C)C)NC(c3cccs3)N12. The average molecular weight is 440 g/mol. The Labute approximate surface area is 189 Å². The molecule has 2 aliphatic rings.